The molecular formula is C10H23NO. The van der Waals surface area contributed by atoms with Crippen molar-refractivity contribution in [3.8, 4) is 0 Å². The third-order valence-electron chi connectivity index (χ3n) is 2.22. The van der Waals surface area contributed by atoms with E-state index in [1.54, 1.807) is 0 Å². The quantitative estimate of drug-likeness (QED) is 0.663. The zero-order valence-electron chi connectivity index (χ0n) is 9.05. The first-order valence-corrected chi connectivity index (χ1v) is 4.96. The van der Waals surface area contributed by atoms with Crippen LogP contribution in [0.2, 0.25) is 0 Å². The highest BCUT2D eigenvalue weighted by Crippen LogP contribution is 2.13. The Morgan fingerprint density at radius 3 is 2.08 bits per heavy atom. The van der Waals surface area contributed by atoms with Crippen molar-refractivity contribution in [3.63, 3.8) is 0 Å². The molecule has 0 aliphatic carbocycles. The SMILES string of the molecule is CCOC(C(C)C)C(CC)NC. The van der Waals surface area contributed by atoms with Gasteiger partial charge in [0.05, 0.1) is 6.10 Å². The van der Waals surface area contributed by atoms with Gasteiger partial charge in [-0.2, -0.15) is 0 Å². The Labute approximate surface area is 76.7 Å². The van der Waals surface area contributed by atoms with Crippen LogP contribution in [0, 0.1) is 5.92 Å². The van der Waals surface area contributed by atoms with Crippen LogP contribution < -0.4 is 5.32 Å². The predicted molar refractivity (Wildman–Crippen MR) is 53.4 cm³/mol. The smallest absolute Gasteiger partial charge is 0.0750 e. The molecule has 2 nitrogen and oxygen atoms in total. The van der Waals surface area contributed by atoms with Crippen LogP contribution in [0.3, 0.4) is 0 Å². The van der Waals surface area contributed by atoms with E-state index in [0.717, 1.165) is 13.0 Å². The number of hydrogen-bond acceptors (Lipinski definition) is 2. The van der Waals surface area contributed by atoms with E-state index in [9.17, 15) is 0 Å². The molecule has 0 aromatic heterocycles. The van der Waals surface area contributed by atoms with E-state index < -0.39 is 0 Å². The van der Waals surface area contributed by atoms with Crippen LogP contribution in [0.5, 0.6) is 0 Å². The van der Waals surface area contributed by atoms with Crippen LogP contribution >= 0.6 is 0 Å². The summed E-state index contributed by atoms with van der Waals surface area (Å²) in [5.41, 5.74) is 0. The molecule has 0 aliphatic rings. The van der Waals surface area contributed by atoms with Gasteiger partial charge < -0.3 is 10.1 Å². The molecule has 0 saturated heterocycles. The fourth-order valence-electron chi connectivity index (χ4n) is 1.57. The number of hydrogen-bond donors (Lipinski definition) is 1. The van der Waals surface area contributed by atoms with E-state index in [1.807, 2.05) is 7.05 Å². The van der Waals surface area contributed by atoms with Gasteiger partial charge in [0.25, 0.3) is 0 Å². The number of likely N-dealkylation sites (N-methyl/N-ethyl adjacent to an activating group) is 1. The molecule has 0 amide bonds. The van der Waals surface area contributed by atoms with Crippen LogP contribution in [-0.2, 0) is 4.74 Å². The highest BCUT2D eigenvalue weighted by Gasteiger charge is 2.21. The first-order valence-electron chi connectivity index (χ1n) is 4.96. The Morgan fingerprint density at radius 1 is 1.25 bits per heavy atom. The second-order valence-electron chi connectivity index (χ2n) is 3.47. The zero-order chi connectivity index (χ0) is 9.56. The van der Waals surface area contributed by atoms with E-state index >= 15 is 0 Å². The Morgan fingerprint density at radius 2 is 1.83 bits per heavy atom. The molecule has 2 atom stereocenters. The third kappa shape index (κ3) is 3.55. The number of ether oxygens (including phenoxy) is 1. The summed E-state index contributed by atoms with van der Waals surface area (Å²) in [6, 6.07) is 0.491. The molecule has 0 aromatic rings. The van der Waals surface area contributed by atoms with Gasteiger partial charge in [-0.25, -0.2) is 0 Å². The van der Waals surface area contributed by atoms with Crippen LogP contribution in [0.25, 0.3) is 0 Å². The van der Waals surface area contributed by atoms with Crippen LogP contribution in [0.4, 0.5) is 0 Å². The molecule has 0 aliphatic heterocycles. The van der Waals surface area contributed by atoms with E-state index in [0.29, 0.717) is 18.1 Å². The first kappa shape index (κ1) is 11.9. The maximum atomic E-state index is 5.68. The zero-order valence-corrected chi connectivity index (χ0v) is 9.05. The lowest BCUT2D eigenvalue weighted by Crippen LogP contribution is -2.42. The summed E-state index contributed by atoms with van der Waals surface area (Å²) in [5.74, 6) is 0.586. The van der Waals surface area contributed by atoms with E-state index in [4.69, 9.17) is 4.74 Å². The summed E-state index contributed by atoms with van der Waals surface area (Å²) in [4.78, 5) is 0. The van der Waals surface area contributed by atoms with Gasteiger partial charge in [0.2, 0.25) is 0 Å². The summed E-state index contributed by atoms with van der Waals surface area (Å²) >= 11 is 0. The monoisotopic (exact) mass is 173 g/mol. The Balaban J connectivity index is 4.05. The lowest BCUT2D eigenvalue weighted by molar-refractivity contribution is 0.00442. The molecule has 2 heteroatoms. The molecule has 0 saturated carbocycles. The maximum absolute atomic E-state index is 5.68. The normalized spacial score (nSPS) is 16.5. The molecule has 0 fully saturated rings. The Kier molecular flexibility index (Phi) is 6.39. The lowest BCUT2D eigenvalue weighted by atomic mass is 9.98. The van der Waals surface area contributed by atoms with Crippen molar-refractivity contribution in [1.29, 1.82) is 0 Å². The molecule has 0 aromatic carbocycles. The first-order chi connectivity index (χ1) is 5.67. The van der Waals surface area contributed by atoms with Crippen molar-refractivity contribution in [1.82, 2.24) is 5.32 Å². The van der Waals surface area contributed by atoms with Crippen LogP contribution in [0.1, 0.15) is 34.1 Å². The van der Waals surface area contributed by atoms with E-state index in [2.05, 4.69) is 33.0 Å². The summed E-state index contributed by atoms with van der Waals surface area (Å²) in [6.07, 6.45) is 1.48. The van der Waals surface area contributed by atoms with Gasteiger partial charge in [-0.05, 0) is 26.3 Å². The second kappa shape index (κ2) is 6.44. The minimum absolute atomic E-state index is 0.352. The van der Waals surface area contributed by atoms with Crippen LogP contribution in [-0.4, -0.2) is 25.8 Å². The number of rotatable bonds is 6. The number of nitrogens with one attached hydrogen (secondary N) is 1. The molecule has 0 heterocycles. The highest BCUT2D eigenvalue weighted by atomic mass is 16.5. The molecule has 1 N–H and O–H groups in total. The van der Waals surface area contributed by atoms with Crippen molar-refractivity contribution in [3.05, 3.63) is 0 Å². The fourth-order valence-corrected chi connectivity index (χ4v) is 1.57. The minimum Gasteiger partial charge on any atom is -0.377 e. The van der Waals surface area contributed by atoms with Crippen molar-refractivity contribution >= 4 is 0 Å². The minimum atomic E-state index is 0.352. The Bertz CT molecular complexity index is 100. The lowest BCUT2D eigenvalue weighted by Gasteiger charge is -2.28. The summed E-state index contributed by atoms with van der Waals surface area (Å²) in [7, 11) is 2.00. The molecule has 0 spiro atoms. The van der Waals surface area contributed by atoms with Gasteiger partial charge in [0.1, 0.15) is 0 Å². The summed E-state index contributed by atoms with van der Waals surface area (Å²) < 4.78 is 5.68. The largest absolute Gasteiger partial charge is 0.377 e. The van der Waals surface area contributed by atoms with E-state index in [1.165, 1.54) is 0 Å². The van der Waals surface area contributed by atoms with Gasteiger partial charge in [-0.3, -0.25) is 0 Å². The molecule has 0 radical (unpaired) electrons. The average molecular weight is 173 g/mol. The topological polar surface area (TPSA) is 21.3 Å². The van der Waals surface area contributed by atoms with Gasteiger partial charge in [0.15, 0.2) is 0 Å². The van der Waals surface area contributed by atoms with Crippen LogP contribution in [0.15, 0.2) is 0 Å². The fraction of sp³-hybridized carbons (Fsp3) is 1.00. The van der Waals surface area contributed by atoms with Gasteiger partial charge in [0, 0.05) is 12.6 Å². The maximum Gasteiger partial charge on any atom is 0.0750 e. The molecule has 0 bridgehead atoms. The summed E-state index contributed by atoms with van der Waals surface area (Å²) in [6.45, 7) is 9.47. The second-order valence-corrected chi connectivity index (χ2v) is 3.47. The van der Waals surface area contributed by atoms with Gasteiger partial charge in [-0.1, -0.05) is 20.8 Å². The van der Waals surface area contributed by atoms with Gasteiger partial charge in [-0.15, -0.1) is 0 Å². The Hall–Kier alpha value is -0.0800. The van der Waals surface area contributed by atoms with Crippen molar-refractivity contribution in [2.75, 3.05) is 13.7 Å². The molecular weight excluding hydrogens is 150 g/mol. The molecule has 0 rings (SSSR count). The average Bonchev–Trinajstić information content (AvgIpc) is 2.05. The molecule has 12 heavy (non-hydrogen) atoms. The van der Waals surface area contributed by atoms with Gasteiger partial charge >= 0.3 is 0 Å². The van der Waals surface area contributed by atoms with E-state index in [-0.39, 0.29) is 0 Å². The predicted octanol–water partition coefficient (Wildman–Crippen LogP) is 2.05. The standard InChI is InChI=1S/C10H23NO/c1-6-9(11-5)10(8(3)4)12-7-2/h8-11H,6-7H2,1-5H3. The molecule has 74 valence electrons. The third-order valence-corrected chi connectivity index (χ3v) is 2.22. The summed E-state index contributed by atoms with van der Waals surface area (Å²) in [5, 5.41) is 3.29. The van der Waals surface area contributed by atoms with Crippen molar-refractivity contribution < 1.29 is 4.74 Å². The van der Waals surface area contributed by atoms with Crippen molar-refractivity contribution in [2.45, 2.75) is 46.3 Å². The van der Waals surface area contributed by atoms with Crippen molar-refractivity contribution in [2.24, 2.45) is 5.92 Å². The highest BCUT2D eigenvalue weighted by molar-refractivity contribution is 4.76. The molecule has 2 unspecified atom stereocenters.